The van der Waals surface area contributed by atoms with E-state index in [9.17, 15) is 4.79 Å². The lowest BCUT2D eigenvalue weighted by Gasteiger charge is -2.43. The SMILES string of the molecule is CC1(C)CC(=O)C2=C(C1)OC[C@@H]1COc3ccccc3[C@H]21. The number of hydrogen-bond donors (Lipinski definition) is 0. The van der Waals surface area contributed by atoms with Crippen LogP contribution >= 0.6 is 0 Å². The fourth-order valence-electron chi connectivity index (χ4n) is 3.91. The van der Waals surface area contributed by atoms with Gasteiger partial charge in [0.2, 0.25) is 0 Å². The average Bonchev–Trinajstić information content (AvgIpc) is 2.45. The molecule has 3 nitrogen and oxygen atoms in total. The minimum Gasteiger partial charge on any atom is -0.497 e. The summed E-state index contributed by atoms with van der Waals surface area (Å²) in [6.45, 7) is 5.57. The summed E-state index contributed by atoms with van der Waals surface area (Å²) in [6, 6.07) is 8.10. The van der Waals surface area contributed by atoms with Crippen molar-refractivity contribution in [3.63, 3.8) is 0 Å². The van der Waals surface area contributed by atoms with Crippen molar-refractivity contribution in [3.05, 3.63) is 41.2 Å². The molecule has 1 aromatic rings. The maximum Gasteiger partial charge on any atom is 0.163 e. The van der Waals surface area contributed by atoms with Gasteiger partial charge in [0.05, 0.1) is 13.2 Å². The molecule has 0 saturated carbocycles. The van der Waals surface area contributed by atoms with Crippen LogP contribution in [0, 0.1) is 11.3 Å². The van der Waals surface area contributed by atoms with Gasteiger partial charge in [0, 0.05) is 35.8 Å². The molecule has 0 spiro atoms. The molecule has 0 saturated heterocycles. The maximum absolute atomic E-state index is 12.7. The van der Waals surface area contributed by atoms with Crippen LogP contribution < -0.4 is 4.74 Å². The standard InChI is InChI=1S/C18H20O3/c1-18(2)7-13(19)17-15(8-18)21-10-11-9-20-14-6-4-3-5-12(14)16(11)17/h3-6,11,16H,7-10H2,1-2H3/t11-,16+/m0/s1. The first-order chi connectivity index (χ1) is 10.1. The number of carbonyl (C=O) groups excluding carboxylic acids is 1. The lowest BCUT2D eigenvalue weighted by Crippen LogP contribution is -2.40. The van der Waals surface area contributed by atoms with Crippen LogP contribution in [0.15, 0.2) is 35.6 Å². The van der Waals surface area contributed by atoms with Crippen LogP contribution in [0.4, 0.5) is 0 Å². The second kappa shape index (κ2) is 4.36. The number of carbonyl (C=O) groups is 1. The highest BCUT2D eigenvalue weighted by Gasteiger charge is 2.45. The molecule has 3 aliphatic rings. The largest absolute Gasteiger partial charge is 0.497 e. The summed E-state index contributed by atoms with van der Waals surface area (Å²) in [5.41, 5.74) is 2.08. The van der Waals surface area contributed by atoms with Crippen LogP contribution in [-0.2, 0) is 9.53 Å². The molecule has 1 aliphatic carbocycles. The Morgan fingerprint density at radius 1 is 1.10 bits per heavy atom. The fraction of sp³-hybridized carbons (Fsp3) is 0.500. The normalized spacial score (nSPS) is 29.7. The molecule has 0 unspecified atom stereocenters. The summed E-state index contributed by atoms with van der Waals surface area (Å²) >= 11 is 0. The van der Waals surface area contributed by atoms with Gasteiger partial charge in [0.1, 0.15) is 11.5 Å². The zero-order valence-electron chi connectivity index (χ0n) is 12.5. The maximum atomic E-state index is 12.7. The molecule has 4 rings (SSSR count). The van der Waals surface area contributed by atoms with Crippen molar-refractivity contribution in [2.24, 2.45) is 11.3 Å². The van der Waals surface area contributed by atoms with Gasteiger partial charge in [0.15, 0.2) is 5.78 Å². The summed E-state index contributed by atoms with van der Waals surface area (Å²) in [6.07, 6.45) is 1.47. The van der Waals surface area contributed by atoms with Crippen molar-refractivity contribution in [3.8, 4) is 5.75 Å². The van der Waals surface area contributed by atoms with Gasteiger partial charge in [-0.25, -0.2) is 0 Å². The molecule has 1 aromatic carbocycles. The summed E-state index contributed by atoms with van der Waals surface area (Å²) in [5.74, 6) is 2.51. The molecule has 3 heteroatoms. The van der Waals surface area contributed by atoms with Gasteiger partial charge in [-0.3, -0.25) is 4.79 Å². The molecule has 0 amide bonds. The quantitative estimate of drug-likeness (QED) is 0.732. The Hall–Kier alpha value is -1.77. The molecule has 2 heterocycles. The summed E-state index contributed by atoms with van der Waals surface area (Å²) in [7, 11) is 0. The average molecular weight is 284 g/mol. The second-order valence-corrected chi connectivity index (χ2v) is 7.18. The fourth-order valence-corrected chi connectivity index (χ4v) is 3.91. The van der Waals surface area contributed by atoms with Crippen molar-refractivity contribution in [2.45, 2.75) is 32.6 Å². The smallest absolute Gasteiger partial charge is 0.163 e. The first-order valence-electron chi connectivity index (χ1n) is 7.66. The predicted octanol–water partition coefficient (Wildman–Crippen LogP) is 3.45. The van der Waals surface area contributed by atoms with E-state index in [1.807, 2.05) is 18.2 Å². The van der Waals surface area contributed by atoms with Crippen molar-refractivity contribution in [2.75, 3.05) is 13.2 Å². The molecule has 0 aromatic heterocycles. The Kier molecular flexibility index (Phi) is 2.69. The van der Waals surface area contributed by atoms with Gasteiger partial charge in [-0.1, -0.05) is 32.0 Å². The minimum atomic E-state index is 0.00738. The first kappa shape index (κ1) is 12.9. The van der Waals surface area contributed by atoms with E-state index in [1.54, 1.807) is 0 Å². The van der Waals surface area contributed by atoms with Crippen LogP contribution in [-0.4, -0.2) is 19.0 Å². The van der Waals surface area contributed by atoms with Crippen LogP contribution in [0.3, 0.4) is 0 Å². The Bertz CT molecular complexity index is 642. The van der Waals surface area contributed by atoms with Crippen LogP contribution in [0.25, 0.3) is 0 Å². The lowest BCUT2D eigenvalue weighted by atomic mass is 9.68. The topological polar surface area (TPSA) is 35.5 Å². The molecule has 0 fully saturated rings. The highest BCUT2D eigenvalue weighted by atomic mass is 16.5. The van der Waals surface area contributed by atoms with Crippen LogP contribution in [0.2, 0.25) is 0 Å². The first-order valence-corrected chi connectivity index (χ1v) is 7.66. The van der Waals surface area contributed by atoms with E-state index in [4.69, 9.17) is 9.47 Å². The monoisotopic (exact) mass is 284 g/mol. The predicted molar refractivity (Wildman–Crippen MR) is 79.2 cm³/mol. The summed E-state index contributed by atoms with van der Waals surface area (Å²) in [5, 5.41) is 0. The summed E-state index contributed by atoms with van der Waals surface area (Å²) < 4.78 is 11.8. The van der Waals surface area contributed by atoms with E-state index in [0.717, 1.165) is 29.1 Å². The number of para-hydroxylation sites is 1. The van der Waals surface area contributed by atoms with Crippen LogP contribution in [0.5, 0.6) is 5.75 Å². The molecular weight excluding hydrogens is 264 g/mol. The molecule has 2 aliphatic heterocycles. The Labute approximate surface area is 124 Å². The minimum absolute atomic E-state index is 0.00738. The van der Waals surface area contributed by atoms with Crippen molar-refractivity contribution < 1.29 is 14.3 Å². The zero-order valence-corrected chi connectivity index (χ0v) is 12.5. The highest BCUT2D eigenvalue weighted by molar-refractivity contribution is 5.99. The number of allylic oxidation sites excluding steroid dienone is 2. The number of Topliss-reactive ketones (excluding diaryl/α,β-unsaturated/α-hetero) is 1. The molecule has 0 radical (unpaired) electrons. The molecule has 0 N–H and O–H groups in total. The molecule has 2 atom stereocenters. The number of hydrogen-bond acceptors (Lipinski definition) is 3. The van der Waals surface area contributed by atoms with Gasteiger partial charge < -0.3 is 9.47 Å². The third kappa shape index (κ3) is 1.98. The molecule has 110 valence electrons. The van der Waals surface area contributed by atoms with Gasteiger partial charge in [-0.15, -0.1) is 0 Å². The molecule has 21 heavy (non-hydrogen) atoms. The van der Waals surface area contributed by atoms with Crippen molar-refractivity contribution in [1.82, 2.24) is 0 Å². The second-order valence-electron chi connectivity index (χ2n) is 7.18. The van der Waals surface area contributed by atoms with Gasteiger partial charge in [-0.2, -0.15) is 0 Å². The Morgan fingerprint density at radius 2 is 1.86 bits per heavy atom. The number of ether oxygens (including phenoxy) is 2. The van der Waals surface area contributed by atoms with Gasteiger partial charge in [0.25, 0.3) is 0 Å². The number of rotatable bonds is 0. The number of fused-ring (bicyclic) bond motifs is 4. The van der Waals surface area contributed by atoms with Gasteiger partial charge in [-0.05, 0) is 11.5 Å². The van der Waals surface area contributed by atoms with E-state index >= 15 is 0 Å². The highest BCUT2D eigenvalue weighted by Crippen LogP contribution is 2.50. The molecule has 0 bridgehead atoms. The summed E-state index contributed by atoms with van der Waals surface area (Å²) in [4.78, 5) is 12.7. The van der Waals surface area contributed by atoms with Crippen molar-refractivity contribution >= 4 is 5.78 Å². The number of ketones is 1. The Balaban J connectivity index is 1.85. The van der Waals surface area contributed by atoms with E-state index in [0.29, 0.717) is 19.6 Å². The Morgan fingerprint density at radius 3 is 2.71 bits per heavy atom. The van der Waals surface area contributed by atoms with Crippen molar-refractivity contribution in [1.29, 1.82) is 0 Å². The van der Waals surface area contributed by atoms with Crippen LogP contribution in [0.1, 0.15) is 38.2 Å². The zero-order chi connectivity index (χ0) is 14.6. The van der Waals surface area contributed by atoms with Gasteiger partial charge >= 0.3 is 0 Å². The third-order valence-corrected chi connectivity index (χ3v) is 4.84. The number of benzene rings is 1. The van der Waals surface area contributed by atoms with E-state index in [1.165, 1.54) is 0 Å². The van der Waals surface area contributed by atoms with E-state index in [-0.39, 0.29) is 23.0 Å². The molecular formula is C18H20O3. The van der Waals surface area contributed by atoms with E-state index in [2.05, 4.69) is 19.9 Å². The third-order valence-electron chi connectivity index (χ3n) is 4.84. The van der Waals surface area contributed by atoms with E-state index < -0.39 is 0 Å². The lowest BCUT2D eigenvalue weighted by molar-refractivity contribution is -0.120.